The molecule has 0 aliphatic carbocycles. The lowest BCUT2D eigenvalue weighted by Gasteiger charge is -2.09. The van der Waals surface area contributed by atoms with Crippen molar-refractivity contribution in [1.82, 2.24) is 19.7 Å². The van der Waals surface area contributed by atoms with Gasteiger partial charge in [0.1, 0.15) is 6.33 Å². The van der Waals surface area contributed by atoms with E-state index in [9.17, 15) is 4.79 Å². The molecular weight excluding hydrogens is 304 g/mol. The van der Waals surface area contributed by atoms with Crippen LogP contribution in [0.2, 0.25) is 0 Å². The van der Waals surface area contributed by atoms with Gasteiger partial charge in [0.2, 0.25) is 0 Å². The second-order valence-electron chi connectivity index (χ2n) is 5.42. The molecule has 0 bridgehead atoms. The molecule has 6 nitrogen and oxygen atoms in total. The maximum absolute atomic E-state index is 11.9. The van der Waals surface area contributed by atoms with Crippen molar-refractivity contribution in [2.75, 3.05) is 6.61 Å². The van der Waals surface area contributed by atoms with E-state index in [-0.39, 0.29) is 0 Å². The predicted octanol–water partition coefficient (Wildman–Crippen LogP) is 3.03. The van der Waals surface area contributed by atoms with Crippen LogP contribution in [0, 0.1) is 6.92 Å². The van der Waals surface area contributed by atoms with Gasteiger partial charge in [0.25, 0.3) is 0 Å². The van der Waals surface area contributed by atoms with Crippen molar-refractivity contribution in [2.45, 2.75) is 13.8 Å². The van der Waals surface area contributed by atoms with Crippen molar-refractivity contribution in [1.29, 1.82) is 0 Å². The van der Waals surface area contributed by atoms with Crippen LogP contribution in [0.1, 0.15) is 23.0 Å². The minimum atomic E-state index is -0.412. The first-order chi connectivity index (χ1) is 11.6. The summed E-state index contributed by atoms with van der Waals surface area (Å²) in [6.45, 7) is 4.13. The standard InChI is InChI=1S/C18H18N4O2/c1-4-24-18(23)16-8-17(22(3)21-16)15-7-13(6-5-12(15)2)14-9-19-11-20-10-14/h5-11H,4H2,1-3H3. The van der Waals surface area contributed by atoms with Crippen molar-refractivity contribution < 1.29 is 9.53 Å². The molecule has 0 aliphatic heterocycles. The number of benzene rings is 1. The largest absolute Gasteiger partial charge is 0.461 e. The average Bonchev–Trinajstić information content (AvgIpc) is 2.98. The number of carbonyl (C=O) groups is 1. The zero-order valence-corrected chi connectivity index (χ0v) is 13.9. The Morgan fingerprint density at radius 1 is 1.17 bits per heavy atom. The van der Waals surface area contributed by atoms with Crippen LogP contribution >= 0.6 is 0 Å². The Kier molecular flexibility index (Phi) is 4.37. The Bertz CT molecular complexity index is 872. The van der Waals surface area contributed by atoms with Gasteiger partial charge in [-0.2, -0.15) is 5.10 Å². The van der Waals surface area contributed by atoms with Gasteiger partial charge >= 0.3 is 5.97 Å². The summed E-state index contributed by atoms with van der Waals surface area (Å²) in [5.74, 6) is -0.412. The highest BCUT2D eigenvalue weighted by molar-refractivity contribution is 5.89. The maximum atomic E-state index is 11.9. The monoisotopic (exact) mass is 322 g/mol. The molecule has 0 spiro atoms. The van der Waals surface area contributed by atoms with Crippen molar-refractivity contribution in [2.24, 2.45) is 7.05 Å². The van der Waals surface area contributed by atoms with Gasteiger partial charge in [0.05, 0.1) is 12.3 Å². The van der Waals surface area contributed by atoms with Crippen molar-refractivity contribution in [3.05, 3.63) is 54.2 Å². The third-order valence-electron chi connectivity index (χ3n) is 3.77. The molecule has 0 aliphatic rings. The molecule has 6 heteroatoms. The van der Waals surface area contributed by atoms with E-state index >= 15 is 0 Å². The first kappa shape index (κ1) is 15.9. The number of hydrogen-bond acceptors (Lipinski definition) is 5. The number of carbonyl (C=O) groups excluding carboxylic acids is 1. The third-order valence-corrected chi connectivity index (χ3v) is 3.77. The molecule has 0 saturated carbocycles. The number of rotatable bonds is 4. The van der Waals surface area contributed by atoms with Crippen LogP contribution in [0.15, 0.2) is 43.0 Å². The Hall–Kier alpha value is -3.02. The van der Waals surface area contributed by atoms with E-state index in [0.29, 0.717) is 12.3 Å². The molecule has 1 aromatic carbocycles. The molecule has 24 heavy (non-hydrogen) atoms. The molecule has 3 aromatic rings. The molecule has 3 rings (SSSR count). The summed E-state index contributed by atoms with van der Waals surface area (Å²) in [4.78, 5) is 20.0. The predicted molar refractivity (Wildman–Crippen MR) is 90.4 cm³/mol. The quantitative estimate of drug-likeness (QED) is 0.691. The summed E-state index contributed by atoms with van der Waals surface area (Å²) >= 11 is 0. The SMILES string of the molecule is CCOC(=O)c1cc(-c2cc(-c3cncnc3)ccc2C)n(C)n1. The van der Waals surface area contributed by atoms with Crippen LogP contribution in [0.25, 0.3) is 22.4 Å². The van der Waals surface area contributed by atoms with Gasteiger partial charge < -0.3 is 4.74 Å². The highest BCUT2D eigenvalue weighted by atomic mass is 16.5. The molecular formula is C18H18N4O2. The van der Waals surface area contributed by atoms with E-state index in [2.05, 4.69) is 21.1 Å². The van der Waals surface area contributed by atoms with E-state index in [0.717, 1.165) is 27.9 Å². The van der Waals surface area contributed by atoms with E-state index in [4.69, 9.17) is 4.74 Å². The normalized spacial score (nSPS) is 10.6. The average molecular weight is 322 g/mol. The highest BCUT2D eigenvalue weighted by Gasteiger charge is 2.16. The van der Waals surface area contributed by atoms with E-state index in [1.54, 1.807) is 30.1 Å². The summed E-state index contributed by atoms with van der Waals surface area (Å²) in [7, 11) is 1.82. The second-order valence-corrected chi connectivity index (χ2v) is 5.42. The fraction of sp³-hybridized carbons (Fsp3) is 0.222. The molecule has 122 valence electrons. The molecule has 0 amide bonds. The smallest absolute Gasteiger partial charge is 0.358 e. The second kappa shape index (κ2) is 6.62. The van der Waals surface area contributed by atoms with Gasteiger partial charge in [-0.1, -0.05) is 12.1 Å². The summed E-state index contributed by atoms with van der Waals surface area (Å²) in [6.07, 6.45) is 5.05. The summed E-state index contributed by atoms with van der Waals surface area (Å²) < 4.78 is 6.72. The molecule has 0 unspecified atom stereocenters. The Balaban J connectivity index is 2.05. The van der Waals surface area contributed by atoms with Crippen molar-refractivity contribution >= 4 is 5.97 Å². The number of aromatic nitrogens is 4. The minimum absolute atomic E-state index is 0.308. The lowest BCUT2D eigenvalue weighted by molar-refractivity contribution is 0.0518. The van der Waals surface area contributed by atoms with Crippen LogP contribution in [0.5, 0.6) is 0 Å². The molecule has 0 fully saturated rings. The molecule has 0 N–H and O–H groups in total. The fourth-order valence-corrected chi connectivity index (χ4v) is 2.55. The fourth-order valence-electron chi connectivity index (χ4n) is 2.55. The highest BCUT2D eigenvalue weighted by Crippen LogP contribution is 2.29. The van der Waals surface area contributed by atoms with Crippen LogP contribution in [0.3, 0.4) is 0 Å². The van der Waals surface area contributed by atoms with E-state index in [1.165, 1.54) is 6.33 Å². The number of aryl methyl sites for hydroxylation is 2. The van der Waals surface area contributed by atoms with Crippen LogP contribution in [0.4, 0.5) is 0 Å². The number of nitrogens with zero attached hydrogens (tertiary/aromatic N) is 4. The molecule has 2 heterocycles. The first-order valence-corrected chi connectivity index (χ1v) is 7.67. The zero-order chi connectivity index (χ0) is 17.1. The minimum Gasteiger partial charge on any atom is -0.461 e. The molecule has 0 saturated heterocycles. The summed E-state index contributed by atoms with van der Waals surface area (Å²) in [6, 6.07) is 7.88. The van der Waals surface area contributed by atoms with Gasteiger partial charge in [-0.25, -0.2) is 14.8 Å². The lowest BCUT2D eigenvalue weighted by atomic mass is 9.99. The van der Waals surface area contributed by atoms with Gasteiger partial charge in [0.15, 0.2) is 5.69 Å². The number of ether oxygens (including phenoxy) is 1. The van der Waals surface area contributed by atoms with Crippen LogP contribution < -0.4 is 0 Å². The summed E-state index contributed by atoms with van der Waals surface area (Å²) in [5.41, 5.74) is 5.20. The zero-order valence-electron chi connectivity index (χ0n) is 13.9. The maximum Gasteiger partial charge on any atom is 0.358 e. The van der Waals surface area contributed by atoms with Crippen LogP contribution in [-0.4, -0.2) is 32.3 Å². The lowest BCUT2D eigenvalue weighted by Crippen LogP contribution is -2.05. The topological polar surface area (TPSA) is 69.9 Å². The Morgan fingerprint density at radius 2 is 1.92 bits per heavy atom. The number of esters is 1. The van der Waals surface area contributed by atoms with Gasteiger partial charge in [-0.15, -0.1) is 0 Å². The van der Waals surface area contributed by atoms with E-state index < -0.39 is 5.97 Å². The van der Waals surface area contributed by atoms with Gasteiger partial charge in [-0.05, 0) is 37.1 Å². The Labute approximate surface area is 140 Å². The Morgan fingerprint density at radius 3 is 2.62 bits per heavy atom. The van der Waals surface area contributed by atoms with Gasteiger partial charge in [0, 0.05) is 30.6 Å². The van der Waals surface area contributed by atoms with Gasteiger partial charge in [-0.3, -0.25) is 4.68 Å². The van der Waals surface area contributed by atoms with Crippen molar-refractivity contribution in [3.8, 4) is 22.4 Å². The van der Waals surface area contributed by atoms with Crippen LogP contribution in [-0.2, 0) is 11.8 Å². The third kappa shape index (κ3) is 3.03. The molecule has 2 aromatic heterocycles. The number of hydrogen-bond donors (Lipinski definition) is 0. The summed E-state index contributed by atoms with van der Waals surface area (Å²) in [5, 5.41) is 4.27. The molecule has 0 radical (unpaired) electrons. The van der Waals surface area contributed by atoms with Crippen molar-refractivity contribution in [3.63, 3.8) is 0 Å². The first-order valence-electron chi connectivity index (χ1n) is 7.67. The van der Waals surface area contributed by atoms with E-state index in [1.807, 2.05) is 26.1 Å². The molecule has 0 atom stereocenters.